The molecule has 5 aromatic rings. The summed E-state index contributed by atoms with van der Waals surface area (Å²) >= 11 is 9.14. The summed E-state index contributed by atoms with van der Waals surface area (Å²) in [6, 6.07) is 8.82. The number of ether oxygens (including phenoxy) is 8. The lowest BCUT2D eigenvalue weighted by Crippen LogP contribution is -2.51. The second kappa shape index (κ2) is 37.9. The summed E-state index contributed by atoms with van der Waals surface area (Å²) in [5.41, 5.74) is 5.70. The van der Waals surface area contributed by atoms with Gasteiger partial charge in [0.1, 0.15) is 12.6 Å². The van der Waals surface area contributed by atoms with Crippen molar-refractivity contribution in [2.75, 3.05) is 154 Å². The summed E-state index contributed by atoms with van der Waals surface area (Å²) < 4.78 is 62.7. The first-order valence-electron chi connectivity index (χ1n) is 32.7. The minimum atomic E-state index is -4.93. The van der Waals surface area contributed by atoms with Gasteiger partial charge in [0.05, 0.1) is 113 Å². The predicted molar refractivity (Wildman–Crippen MR) is 373 cm³/mol. The number of nitrogens with zero attached hydrogens (tertiary/aromatic N) is 5. The van der Waals surface area contributed by atoms with Crippen LogP contribution in [0.2, 0.25) is 0 Å². The van der Waals surface area contributed by atoms with Crippen molar-refractivity contribution in [1.29, 1.82) is 0 Å². The number of phosphoric ester groups is 1. The van der Waals surface area contributed by atoms with Crippen LogP contribution < -0.4 is 35.0 Å². The molecule has 33 heteroatoms. The van der Waals surface area contributed by atoms with Crippen molar-refractivity contribution in [2.24, 2.45) is 5.92 Å². The number of amides is 9. The SMILES string of the molecule is Cc1csc2c(OC(=O)N(C)CCN(C)C(=O)OCc3ccc(NC(=O)CNC(=O)C(NC(=O)CCOCCOCCOCCOCCOCCOCCN4C(=O)C=CC4=O)C(C)C)cc3)cc3c(c12)CCN3C(=O)CCCC(=O)N1C[C@@H](CCl)c2c1cc(OP(=O)(O)O)c1scc(C)c21. The zero-order valence-electron chi connectivity index (χ0n) is 56.7. The van der Waals surface area contributed by atoms with E-state index >= 15 is 0 Å². The van der Waals surface area contributed by atoms with Crippen LogP contribution >= 0.6 is 42.1 Å². The van der Waals surface area contributed by atoms with E-state index in [-0.39, 0.29) is 144 Å². The van der Waals surface area contributed by atoms with Crippen molar-refractivity contribution < 1.29 is 99.9 Å². The summed E-state index contributed by atoms with van der Waals surface area (Å²) in [6.45, 7) is 11.6. The van der Waals surface area contributed by atoms with E-state index in [1.54, 1.807) is 54.0 Å². The second-order valence-electron chi connectivity index (χ2n) is 24.1. The molecule has 9 amide bonds. The van der Waals surface area contributed by atoms with E-state index < -0.39 is 43.8 Å². The van der Waals surface area contributed by atoms with E-state index in [0.29, 0.717) is 93.1 Å². The number of fused-ring (bicyclic) bond motifs is 6. The molecule has 8 rings (SSSR count). The van der Waals surface area contributed by atoms with Crippen molar-refractivity contribution in [2.45, 2.75) is 78.4 Å². The fourth-order valence-corrected chi connectivity index (χ4v) is 14.0. The fourth-order valence-electron chi connectivity index (χ4n) is 11.2. The predicted octanol–water partition coefficient (Wildman–Crippen LogP) is 6.94. The van der Waals surface area contributed by atoms with Crippen LogP contribution in [0.25, 0.3) is 20.2 Å². The monoisotopic (exact) mass is 1470 g/mol. The second-order valence-corrected chi connectivity index (χ2v) is 27.3. The van der Waals surface area contributed by atoms with E-state index in [0.717, 1.165) is 42.6 Å². The number of hydrogen-bond acceptors (Lipinski definition) is 21. The van der Waals surface area contributed by atoms with Crippen molar-refractivity contribution in [3.63, 3.8) is 0 Å². The maximum absolute atomic E-state index is 14.0. The number of rotatable bonds is 40. The summed E-state index contributed by atoms with van der Waals surface area (Å²) in [4.78, 5) is 143. The highest BCUT2D eigenvalue weighted by atomic mass is 35.5. The zero-order chi connectivity index (χ0) is 72.0. The maximum Gasteiger partial charge on any atom is 0.524 e. The average Bonchev–Trinajstić information content (AvgIpc) is 1.58. The van der Waals surface area contributed by atoms with Gasteiger partial charge in [0.25, 0.3) is 11.8 Å². The van der Waals surface area contributed by atoms with Gasteiger partial charge in [0.2, 0.25) is 29.5 Å². The number of likely N-dealkylation sites (N-methyl/N-ethyl adjacent to an activating group) is 2. The molecule has 544 valence electrons. The Labute approximate surface area is 591 Å². The molecule has 5 N–H and O–H groups in total. The molecule has 3 aromatic carbocycles. The van der Waals surface area contributed by atoms with E-state index in [1.807, 2.05) is 24.6 Å². The van der Waals surface area contributed by atoms with Crippen molar-refractivity contribution in [3.05, 3.63) is 87.1 Å². The van der Waals surface area contributed by atoms with Crippen LogP contribution in [0.1, 0.15) is 73.3 Å². The molecule has 0 bridgehead atoms. The van der Waals surface area contributed by atoms with Gasteiger partial charge in [-0.15, -0.1) is 34.3 Å². The summed E-state index contributed by atoms with van der Waals surface area (Å²) in [5.74, 6) is -2.71. The first-order chi connectivity index (χ1) is 47.9. The molecule has 3 aliphatic heterocycles. The van der Waals surface area contributed by atoms with Crippen LogP contribution in [0.4, 0.5) is 26.7 Å². The third kappa shape index (κ3) is 21.9. The van der Waals surface area contributed by atoms with Gasteiger partial charge in [-0.1, -0.05) is 26.0 Å². The molecule has 0 radical (unpaired) electrons. The third-order valence-electron chi connectivity index (χ3n) is 16.4. The minimum absolute atomic E-state index is 0.00220. The highest BCUT2D eigenvalue weighted by molar-refractivity contribution is 7.46. The fraction of sp³-hybridized carbons (Fsp3) is 0.507. The van der Waals surface area contributed by atoms with Crippen LogP contribution in [-0.2, 0) is 84.3 Å². The number of phosphoric acid groups is 1. The molecule has 2 atom stereocenters. The number of halogens is 1. The quantitative estimate of drug-likeness (QED) is 0.0115. The van der Waals surface area contributed by atoms with Gasteiger partial charge in [-0.2, -0.15) is 0 Å². The van der Waals surface area contributed by atoms with E-state index in [2.05, 4.69) is 16.0 Å². The van der Waals surface area contributed by atoms with Crippen LogP contribution in [0, 0.1) is 19.8 Å². The number of benzene rings is 3. The number of thiophene rings is 2. The smallest absolute Gasteiger partial charge is 0.445 e. The van der Waals surface area contributed by atoms with Gasteiger partial charge in [-0.3, -0.25) is 48.2 Å². The molecule has 5 heterocycles. The Hall–Kier alpha value is -7.65. The number of nitrogens with one attached hydrogen (secondary N) is 3. The molecule has 1 unspecified atom stereocenters. The van der Waals surface area contributed by atoms with Gasteiger partial charge in [0.15, 0.2) is 11.5 Å². The van der Waals surface area contributed by atoms with Gasteiger partial charge in [-0.05, 0) is 83.3 Å². The highest BCUT2D eigenvalue weighted by Gasteiger charge is 2.37. The lowest BCUT2D eigenvalue weighted by atomic mass is 9.97. The van der Waals surface area contributed by atoms with Gasteiger partial charge >= 0.3 is 20.0 Å². The standard InChI is InChI=1S/C67H86ClN8O21PS2/c1-42(2)62(71-53(77)17-22-89-24-26-91-28-30-93-32-33-94-31-29-92-27-25-90-23-21-75-57(81)14-15-58(75)82)65(83)69-37-54(78)70-47-12-10-45(11-13-47)39-95-66(84)72(5)19-20-73(6)67(85)96-51-34-49-48(59-43(3)40-99-63(51)59)16-18-74(49)55(79)8-7-9-56(80)76-38-46(36-68)61-50(76)35-52(97-98(86,87)88)64-60(61)44(4)41-100-64/h10-15,34-35,40-42,46,62H,7-9,16-33,36-39H2,1-6H3,(H,69,83)(H,70,78)(H,71,77)(H2,86,87,88)/t46-,62?/m1/s1. The number of alkyl halides is 1. The largest absolute Gasteiger partial charge is 0.524 e. The number of anilines is 3. The average molecular weight is 1470 g/mol. The summed E-state index contributed by atoms with van der Waals surface area (Å²) in [6.07, 6.45) is 1.93. The maximum atomic E-state index is 14.0. The molecule has 0 aliphatic carbocycles. The topological polar surface area (TPSA) is 347 Å². The molecule has 3 aliphatic rings. The van der Waals surface area contributed by atoms with E-state index in [4.69, 9.17) is 54.0 Å². The van der Waals surface area contributed by atoms with Crippen LogP contribution in [-0.4, -0.2) is 223 Å². The van der Waals surface area contributed by atoms with E-state index in [9.17, 15) is 57.5 Å². The molecule has 0 fully saturated rings. The summed E-state index contributed by atoms with van der Waals surface area (Å²) in [5, 5.41) is 13.5. The van der Waals surface area contributed by atoms with Crippen LogP contribution in [0.3, 0.4) is 0 Å². The molecule has 0 spiro atoms. The molecule has 100 heavy (non-hydrogen) atoms. The number of imide groups is 1. The van der Waals surface area contributed by atoms with Gasteiger partial charge < -0.3 is 78.0 Å². The Balaban J connectivity index is 0.670. The molecule has 2 aromatic heterocycles. The van der Waals surface area contributed by atoms with Crippen molar-refractivity contribution >= 4 is 133 Å². The Kier molecular flexibility index (Phi) is 29.6. The first-order valence-corrected chi connectivity index (χ1v) is 36.5. The summed E-state index contributed by atoms with van der Waals surface area (Å²) in [7, 11) is -1.87. The Morgan fingerprint density at radius 2 is 1.23 bits per heavy atom. The minimum Gasteiger partial charge on any atom is -0.445 e. The zero-order valence-corrected chi connectivity index (χ0v) is 60.0. The Bertz CT molecular complexity index is 3790. The number of hydrogen-bond donors (Lipinski definition) is 5. The highest BCUT2D eigenvalue weighted by Crippen LogP contribution is 2.52. The molecule has 0 saturated heterocycles. The normalized spacial score (nSPS) is 14.5. The molecule has 29 nitrogen and oxygen atoms in total. The Morgan fingerprint density at radius 3 is 1.81 bits per heavy atom. The third-order valence-corrected chi connectivity index (χ3v) is 19.5. The van der Waals surface area contributed by atoms with Crippen molar-refractivity contribution in [3.8, 4) is 11.5 Å². The number of carbonyl (C=O) groups is 9. The molecular formula is C67H86ClN8O21PS2. The van der Waals surface area contributed by atoms with Crippen LogP contribution in [0.15, 0.2) is 59.3 Å². The van der Waals surface area contributed by atoms with Crippen molar-refractivity contribution in [1.82, 2.24) is 25.3 Å². The first kappa shape index (κ1) is 78.1. The lowest BCUT2D eigenvalue weighted by molar-refractivity contribution is -0.138. The van der Waals surface area contributed by atoms with Gasteiger partial charge in [-0.25, -0.2) is 14.2 Å². The Morgan fingerprint density at radius 1 is 0.690 bits per heavy atom. The lowest BCUT2D eigenvalue weighted by Gasteiger charge is -2.23. The number of aryl methyl sites for hydroxylation is 2. The number of carbonyl (C=O) groups excluding carboxylic acids is 9. The van der Waals surface area contributed by atoms with Crippen LogP contribution in [0.5, 0.6) is 11.5 Å². The molecule has 0 saturated carbocycles. The molecular weight excluding hydrogens is 1380 g/mol. The van der Waals surface area contributed by atoms with E-state index in [1.165, 1.54) is 64.8 Å². The van der Waals surface area contributed by atoms with Gasteiger partial charge in [0, 0.05) is 112 Å².